The quantitative estimate of drug-likeness (QED) is 0.0775. The molecule has 2 nitrogen and oxygen atoms in total. The summed E-state index contributed by atoms with van der Waals surface area (Å²) < 4.78 is 1.92. The molecule has 0 aromatic heterocycles. The van der Waals surface area contributed by atoms with Gasteiger partial charge in [0.2, 0.25) is 0 Å². The van der Waals surface area contributed by atoms with Gasteiger partial charge in [-0.2, -0.15) is 6.67 Å². The van der Waals surface area contributed by atoms with Gasteiger partial charge in [-0.3, -0.25) is 0 Å². The third-order valence-corrected chi connectivity index (χ3v) is 17.3. The average Bonchev–Trinajstić information content (AvgIpc) is 3.57. The van der Waals surface area contributed by atoms with Crippen LogP contribution in [0.3, 0.4) is 0 Å². The monoisotopic (exact) mass is 812 g/mol. The van der Waals surface area contributed by atoms with Gasteiger partial charge in [-0.25, -0.2) is 0 Å². The zero-order valence-corrected chi connectivity index (χ0v) is 35.1. The van der Waals surface area contributed by atoms with Gasteiger partial charge in [0.1, 0.15) is 0 Å². The van der Waals surface area contributed by atoms with Crippen molar-refractivity contribution in [1.29, 1.82) is 0 Å². The molecule has 4 aliphatic rings. The molecule has 1 heterocycles. The molecule has 2 aromatic rings. The Morgan fingerprint density at radius 1 is 0.755 bits per heavy atom. The molecule has 3 fully saturated rings. The van der Waals surface area contributed by atoms with Crippen LogP contribution in [0.5, 0.6) is 0 Å². The summed E-state index contributed by atoms with van der Waals surface area (Å²) in [6.45, 7) is 13.6. The summed E-state index contributed by atoms with van der Waals surface area (Å²) in [5.74, 6) is 0. The number of anilines is 1. The molecule has 0 unspecified atom stereocenters. The molecule has 0 N–H and O–H groups in total. The zero-order chi connectivity index (χ0) is 34.8. The van der Waals surface area contributed by atoms with Crippen molar-refractivity contribution in [2.75, 3.05) is 11.4 Å². The van der Waals surface area contributed by atoms with E-state index in [1.165, 1.54) is 52.2 Å². The van der Waals surface area contributed by atoms with Gasteiger partial charge in [-0.15, -0.1) is 6.58 Å². The van der Waals surface area contributed by atoms with Crippen LogP contribution in [-0.2, 0) is 13.5 Å². The maximum absolute atomic E-state index is 5.67. The number of halogens is 2. The molecule has 0 atom stereocenters. The molecule has 49 heavy (non-hydrogen) atoms. The van der Waals surface area contributed by atoms with Gasteiger partial charge in [-0.1, -0.05) is 43.0 Å². The molecular weight excluding hydrogens is 747 g/mol. The van der Waals surface area contributed by atoms with Crippen molar-refractivity contribution in [3.8, 4) is 0 Å². The molecule has 0 amide bonds. The summed E-state index contributed by atoms with van der Waals surface area (Å²) in [4.78, 5) is 4.50. The van der Waals surface area contributed by atoms with Crippen LogP contribution in [0.25, 0.3) is 0 Å². The second-order valence-electron chi connectivity index (χ2n) is 14.8. The van der Waals surface area contributed by atoms with E-state index in [0.717, 1.165) is 18.5 Å². The zero-order valence-electron chi connectivity index (χ0n) is 30.8. The molecule has 0 radical (unpaired) electrons. The Kier molecular flexibility index (Phi) is 19.0. The van der Waals surface area contributed by atoms with E-state index in [1.54, 1.807) is 96.3 Å². The molecule has 0 bridgehead atoms. The Balaban J connectivity index is 0.000000175. The molecule has 2 aromatic carbocycles. The van der Waals surface area contributed by atoms with E-state index in [9.17, 15) is 0 Å². The molecule has 0 spiro atoms. The predicted octanol–water partition coefficient (Wildman–Crippen LogP) is 13.6. The van der Waals surface area contributed by atoms with Gasteiger partial charge in [-0.05, 0) is 147 Å². The van der Waals surface area contributed by atoms with Crippen molar-refractivity contribution in [2.45, 2.75) is 153 Å². The fourth-order valence-corrected chi connectivity index (χ4v) is 15.8. The third-order valence-electron chi connectivity index (χ3n) is 10.9. The average molecular weight is 813 g/mol. The summed E-state index contributed by atoms with van der Waals surface area (Å²) in [6, 6.07) is 14.4. The fraction of sp³-hybridized carbons (Fsp3) is 0.581. The Bertz CT molecular complexity index is 1230. The number of hydrogen-bond acceptors (Lipinski definition) is 2. The van der Waals surface area contributed by atoms with Crippen LogP contribution >= 0.6 is 27.3 Å². The van der Waals surface area contributed by atoms with Gasteiger partial charge < -0.3 is 9.80 Å². The standard InChI is InChI=1S/C18H25N2.C18H33P.C7H6.2ClH.Ru/c1-5-6-7-8-9-19-10-11-20(14-19)18-16(3)12-15(2)13-17(18)4;1-4-10-16(11-5-1)19(17-12-6-2-7-13-17)18-14-8-3-9-15-18;1-7-5-3-2-4-6-7;;;/h5,10-14H,1,6-9H2,2-4H3;16-18H,1-15H2;1-6H;2*1H;/q-1;;;;;+2/p-1. The number of hydrogen-bond donors (Lipinski definition) is 0. The normalized spacial score (nSPS) is 19.2. The Hall–Kier alpha value is -0.977. The number of unbranched alkanes of at least 4 members (excludes halogenated alkanes) is 2. The van der Waals surface area contributed by atoms with E-state index in [0.29, 0.717) is 0 Å². The second kappa shape index (κ2) is 22.8. The Morgan fingerprint density at radius 3 is 1.73 bits per heavy atom. The first-order chi connectivity index (χ1) is 23.9. The van der Waals surface area contributed by atoms with E-state index in [2.05, 4.69) is 68.4 Å². The van der Waals surface area contributed by atoms with Crippen molar-refractivity contribution in [3.63, 3.8) is 0 Å². The molecule has 0 saturated heterocycles. The van der Waals surface area contributed by atoms with Crippen molar-refractivity contribution in [2.24, 2.45) is 0 Å². The van der Waals surface area contributed by atoms with Crippen LogP contribution in [-0.4, -0.2) is 33.0 Å². The minimum absolute atomic E-state index is 0.0465. The molecular formula is C43H65Cl2N2PRu. The van der Waals surface area contributed by atoms with E-state index in [-0.39, 0.29) is 7.92 Å². The molecule has 1 aliphatic heterocycles. The summed E-state index contributed by atoms with van der Waals surface area (Å²) in [5, 5.41) is 0. The maximum atomic E-state index is 5.67. The summed E-state index contributed by atoms with van der Waals surface area (Å²) in [6.07, 6.45) is 33.6. The van der Waals surface area contributed by atoms with Gasteiger partial charge in [0, 0.05) is 13.6 Å². The van der Waals surface area contributed by atoms with E-state index < -0.39 is 13.5 Å². The van der Waals surface area contributed by atoms with Gasteiger partial charge >= 0.3 is 73.4 Å². The molecule has 6 rings (SSSR count). The van der Waals surface area contributed by atoms with Gasteiger partial charge in [0.15, 0.2) is 0 Å². The number of allylic oxidation sites excluding steroid dienone is 1. The van der Waals surface area contributed by atoms with E-state index >= 15 is 0 Å². The van der Waals surface area contributed by atoms with Crippen LogP contribution in [0.1, 0.15) is 138 Å². The van der Waals surface area contributed by atoms with Crippen LogP contribution in [0.4, 0.5) is 5.69 Å². The molecule has 3 saturated carbocycles. The molecule has 3 aliphatic carbocycles. The first kappa shape index (κ1) is 40.8. The van der Waals surface area contributed by atoms with Gasteiger partial charge in [0.05, 0.1) is 17.0 Å². The Labute approximate surface area is 315 Å². The number of nitrogens with zero attached hydrogens (tertiary/aromatic N) is 2. The molecule has 274 valence electrons. The second-order valence-corrected chi connectivity index (χ2v) is 24.0. The summed E-state index contributed by atoms with van der Waals surface area (Å²) in [5.41, 5.74) is 10.1. The topological polar surface area (TPSA) is 6.48 Å². The van der Waals surface area contributed by atoms with Crippen LogP contribution in [0, 0.1) is 27.4 Å². The van der Waals surface area contributed by atoms with Gasteiger partial charge in [0.25, 0.3) is 0 Å². The van der Waals surface area contributed by atoms with Crippen molar-refractivity contribution < 1.29 is 13.5 Å². The van der Waals surface area contributed by atoms with Crippen LogP contribution < -0.4 is 4.90 Å². The van der Waals surface area contributed by atoms with E-state index in [4.69, 9.17) is 19.4 Å². The van der Waals surface area contributed by atoms with Crippen molar-refractivity contribution in [1.82, 2.24) is 4.90 Å². The van der Waals surface area contributed by atoms with Crippen LogP contribution in [0.15, 0.2) is 67.5 Å². The van der Waals surface area contributed by atoms with Crippen molar-refractivity contribution >= 4 is 37.6 Å². The van der Waals surface area contributed by atoms with E-state index in [1.807, 2.05) is 41.0 Å². The Morgan fingerprint density at radius 2 is 1.27 bits per heavy atom. The first-order valence-corrected chi connectivity index (χ1v) is 26.6. The first-order valence-electron chi connectivity index (χ1n) is 19.4. The van der Waals surface area contributed by atoms with Crippen LogP contribution in [0.2, 0.25) is 0 Å². The number of aryl methyl sites for hydroxylation is 3. The third kappa shape index (κ3) is 14.2. The number of rotatable bonds is 10. The fourth-order valence-electron chi connectivity index (χ4n) is 8.74. The predicted molar refractivity (Wildman–Crippen MR) is 220 cm³/mol. The van der Waals surface area contributed by atoms with Crippen molar-refractivity contribution in [3.05, 3.63) is 96.4 Å². The SMILES string of the molecule is C1CCC([PH+](C2CCCCC2)C2CCCCC2)CC1.C=CCCCCN1C=CN(c2c(C)cc(C)cc2C)[CH-]1.[Cl][Ru]([Cl])=[CH]c1ccccc1. The summed E-state index contributed by atoms with van der Waals surface area (Å²) >= 11 is -1.61. The minimum atomic E-state index is -1.61. The molecule has 6 heteroatoms. The number of benzene rings is 2. The summed E-state index contributed by atoms with van der Waals surface area (Å²) in [7, 11) is 11.3.